The molecule has 1 aromatic heterocycles. The summed E-state index contributed by atoms with van der Waals surface area (Å²) in [6.07, 6.45) is 3.51. The first kappa shape index (κ1) is 23.5. The van der Waals surface area contributed by atoms with Gasteiger partial charge in [-0.2, -0.15) is 0 Å². The van der Waals surface area contributed by atoms with E-state index in [1.54, 1.807) is 0 Å². The standard InChI is InChI=1S/C27H32N4O3/c1-18(2)16-22(30-27(33)34-3)26(32)31-15-7-10-24(31)25-28-17-23(29-25)21-13-11-20(12-14-21)19-8-5-4-6-9-19/h4-6,8-9,11-14,17-18,22,24H,7,10,15-16H2,1-3H3,(H,28,29)(H,30,33)/t22-,24+/m0/s1. The zero-order valence-corrected chi connectivity index (χ0v) is 20.0. The third-order valence-electron chi connectivity index (χ3n) is 6.23. The first-order valence-corrected chi connectivity index (χ1v) is 11.8. The van der Waals surface area contributed by atoms with Crippen molar-refractivity contribution in [1.29, 1.82) is 0 Å². The van der Waals surface area contributed by atoms with E-state index in [-0.39, 0.29) is 17.9 Å². The molecule has 2 heterocycles. The van der Waals surface area contributed by atoms with Crippen LogP contribution in [-0.4, -0.2) is 46.6 Å². The summed E-state index contributed by atoms with van der Waals surface area (Å²) in [4.78, 5) is 35.1. The van der Waals surface area contributed by atoms with Crippen molar-refractivity contribution in [1.82, 2.24) is 20.2 Å². The van der Waals surface area contributed by atoms with Crippen LogP contribution in [-0.2, 0) is 9.53 Å². The Bertz CT molecular complexity index is 1110. The van der Waals surface area contributed by atoms with Crippen molar-refractivity contribution in [2.75, 3.05) is 13.7 Å². The number of alkyl carbamates (subject to hydrolysis) is 1. The van der Waals surface area contributed by atoms with Crippen molar-refractivity contribution < 1.29 is 14.3 Å². The molecule has 0 spiro atoms. The molecule has 1 aliphatic rings. The molecule has 0 radical (unpaired) electrons. The molecular formula is C27H32N4O3. The zero-order chi connectivity index (χ0) is 24.1. The number of methoxy groups -OCH3 is 1. The lowest BCUT2D eigenvalue weighted by Gasteiger charge is -2.29. The summed E-state index contributed by atoms with van der Waals surface area (Å²) in [5, 5.41) is 2.71. The number of aromatic nitrogens is 2. The highest BCUT2D eigenvalue weighted by Crippen LogP contribution is 2.33. The number of likely N-dealkylation sites (tertiary alicyclic amines) is 1. The number of nitrogens with zero attached hydrogens (tertiary/aromatic N) is 2. The Labute approximate surface area is 200 Å². The summed E-state index contributed by atoms with van der Waals surface area (Å²) in [6.45, 7) is 4.70. The molecule has 7 nitrogen and oxygen atoms in total. The van der Waals surface area contributed by atoms with Crippen LogP contribution in [0.1, 0.15) is 45.0 Å². The van der Waals surface area contributed by atoms with E-state index in [0.717, 1.165) is 35.5 Å². The van der Waals surface area contributed by atoms with Crippen LogP contribution in [0, 0.1) is 5.92 Å². The number of carbonyl (C=O) groups is 2. The molecule has 7 heteroatoms. The molecule has 2 aromatic carbocycles. The van der Waals surface area contributed by atoms with Gasteiger partial charge in [0.05, 0.1) is 25.0 Å². The number of aromatic amines is 1. The van der Waals surface area contributed by atoms with Crippen molar-refractivity contribution in [3.63, 3.8) is 0 Å². The third-order valence-corrected chi connectivity index (χ3v) is 6.23. The van der Waals surface area contributed by atoms with Crippen LogP contribution < -0.4 is 5.32 Å². The number of ether oxygens (including phenoxy) is 1. The fourth-order valence-corrected chi connectivity index (χ4v) is 4.53. The summed E-state index contributed by atoms with van der Waals surface area (Å²) in [6, 6.07) is 17.9. The molecule has 0 unspecified atom stereocenters. The lowest BCUT2D eigenvalue weighted by molar-refractivity contribution is -0.134. The van der Waals surface area contributed by atoms with E-state index in [2.05, 4.69) is 51.7 Å². The van der Waals surface area contributed by atoms with E-state index < -0.39 is 12.1 Å². The van der Waals surface area contributed by atoms with E-state index in [1.165, 1.54) is 12.7 Å². The third kappa shape index (κ3) is 5.30. The van der Waals surface area contributed by atoms with Crippen molar-refractivity contribution in [3.05, 3.63) is 66.6 Å². The second-order valence-electron chi connectivity index (χ2n) is 9.13. The van der Waals surface area contributed by atoms with E-state index >= 15 is 0 Å². The van der Waals surface area contributed by atoms with Gasteiger partial charge in [-0.15, -0.1) is 0 Å². The maximum atomic E-state index is 13.4. The van der Waals surface area contributed by atoms with Gasteiger partial charge in [0, 0.05) is 6.54 Å². The molecule has 0 bridgehead atoms. The number of nitrogens with one attached hydrogen (secondary N) is 2. The lowest BCUT2D eigenvalue weighted by atomic mass is 10.0. The van der Waals surface area contributed by atoms with Crippen LogP contribution in [0.4, 0.5) is 4.79 Å². The Morgan fingerprint density at radius 3 is 2.44 bits per heavy atom. The molecule has 178 valence electrons. The summed E-state index contributed by atoms with van der Waals surface area (Å²) < 4.78 is 4.74. The van der Waals surface area contributed by atoms with Crippen LogP contribution in [0.5, 0.6) is 0 Å². The molecule has 2 N–H and O–H groups in total. The molecule has 3 aromatic rings. The monoisotopic (exact) mass is 460 g/mol. The molecule has 0 saturated carbocycles. The van der Waals surface area contributed by atoms with Crippen molar-refractivity contribution in [2.24, 2.45) is 5.92 Å². The molecule has 2 atom stereocenters. The SMILES string of the molecule is COC(=O)N[C@@H](CC(C)C)C(=O)N1CCC[C@@H]1c1ncc(-c2ccc(-c3ccccc3)cc2)[nH]1. The van der Waals surface area contributed by atoms with Gasteiger partial charge in [0.1, 0.15) is 11.9 Å². The Kier molecular flexibility index (Phi) is 7.30. The number of imidazole rings is 1. The summed E-state index contributed by atoms with van der Waals surface area (Å²) in [5.41, 5.74) is 4.29. The maximum absolute atomic E-state index is 13.4. The molecule has 2 amide bonds. The second kappa shape index (κ2) is 10.5. The largest absolute Gasteiger partial charge is 0.453 e. The van der Waals surface area contributed by atoms with Crippen molar-refractivity contribution in [3.8, 4) is 22.4 Å². The van der Waals surface area contributed by atoms with Gasteiger partial charge in [-0.1, -0.05) is 68.4 Å². The highest BCUT2D eigenvalue weighted by atomic mass is 16.5. The number of rotatable bonds is 7. The van der Waals surface area contributed by atoms with Gasteiger partial charge >= 0.3 is 6.09 Å². The van der Waals surface area contributed by atoms with E-state index in [0.29, 0.717) is 13.0 Å². The number of benzene rings is 2. The summed E-state index contributed by atoms with van der Waals surface area (Å²) in [5.74, 6) is 0.933. The van der Waals surface area contributed by atoms with Gasteiger partial charge in [0.25, 0.3) is 0 Å². The minimum Gasteiger partial charge on any atom is -0.453 e. The minimum absolute atomic E-state index is 0.0910. The van der Waals surface area contributed by atoms with Crippen molar-refractivity contribution >= 4 is 12.0 Å². The zero-order valence-electron chi connectivity index (χ0n) is 20.0. The van der Waals surface area contributed by atoms with Crippen LogP contribution in [0.15, 0.2) is 60.8 Å². The minimum atomic E-state index is -0.618. The first-order valence-electron chi connectivity index (χ1n) is 11.8. The smallest absolute Gasteiger partial charge is 0.407 e. The highest BCUT2D eigenvalue weighted by molar-refractivity contribution is 5.86. The Balaban J connectivity index is 1.50. The topological polar surface area (TPSA) is 87.3 Å². The summed E-state index contributed by atoms with van der Waals surface area (Å²) in [7, 11) is 1.31. The normalized spacial score (nSPS) is 16.5. The highest BCUT2D eigenvalue weighted by Gasteiger charge is 2.36. The number of hydrogen-bond donors (Lipinski definition) is 2. The summed E-state index contributed by atoms with van der Waals surface area (Å²) >= 11 is 0. The Morgan fingerprint density at radius 1 is 1.09 bits per heavy atom. The molecular weight excluding hydrogens is 428 g/mol. The maximum Gasteiger partial charge on any atom is 0.407 e. The van der Waals surface area contributed by atoms with E-state index in [1.807, 2.05) is 43.1 Å². The van der Waals surface area contributed by atoms with Gasteiger partial charge < -0.3 is 19.9 Å². The molecule has 4 rings (SSSR count). The lowest BCUT2D eigenvalue weighted by Crippen LogP contribution is -2.49. The Hall–Kier alpha value is -3.61. The quantitative estimate of drug-likeness (QED) is 0.509. The van der Waals surface area contributed by atoms with Gasteiger partial charge in [-0.05, 0) is 41.9 Å². The van der Waals surface area contributed by atoms with Crippen LogP contribution in [0.2, 0.25) is 0 Å². The van der Waals surface area contributed by atoms with Crippen molar-refractivity contribution in [2.45, 2.75) is 45.2 Å². The van der Waals surface area contributed by atoms with Gasteiger partial charge in [0.15, 0.2) is 0 Å². The van der Waals surface area contributed by atoms with Gasteiger partial charge in [-0.3, -0.25) is 4.79 Å². The van der Waals surface area contributed by atoms with Gasteiger partial charge in [0.2, 0.25) is 5.91 Å². The fourth-order valence-electron chi connectivity index (χ4n) is 4.53. The van der Waals surface area contributed by atoms with E-state index in [4.69, 9.17) is 4.74 Å². The fraction of sp³-hybridized carbons (Fsp3) is 0.370. The first-order chi connectivity index (χ1) is 16.5. The van der Waals surface area contributed by atoms with Gasteiger partial charge in [-0.25, -0.2) is 9.78 Å². The number of carbonyl (C=O) groups excluding carboxylic acids is 2. The predicted molar refractivity (Wildman–Crippen MR) is 132 cm³/mol. The van der Waals surface area contributed by atoms with Crippen LogP contribution in [0.25, 0.3) is 22.4 Å². The van der Waals surface area contributed by atoms with Crippen LogP contribution in [0.3, 0.4) is 0 Å². The predicted octanol–water partition coefficient (Wildman–Crippen LogP) is 5.18. The molecule has 1 fully saturated rings. The van der Waals surface area contributed by atoms with E-state index in [9.17, 15) is 9.59 Å². The van der Waals surface area contributed by atoms with Crippen LogP contribution >= 0.6 is 0 Å². The average molecular weight is 461 g/mol. The number of H-pyrrole nitrogens is 1. The Morgan fingerprint density at radius 2 is 1.76 bits per heavy atom. The molecule has 0 aliphatic carbocycles. The molecule has 34 heavy (non-hydrogen) atoms. The molecule has 1 saturated heterocycles. The number of hydrogen-bond acceptors (Lipinski definition) is 4. The molecule has 1 aliphatic heterocycles. The average Bonchev–Trinajstić information content (AvgIpc) is 3.53. The number of amides is 2. The second-order valence-corrected chi connectivity index (χ2v) is 9.13.